The number of carbonyl (C=O) groups is 3. The third-order valence-electron chi connectivity index (χ3n) is 4.92. The van der Waals surface area contributed by atoms with Crippen LogP contribution < -0.4 is 21.1 Å². The van der Waals surface area contributed by atoms with Gasteiger partial charge in [0.2, 0.25) is 17.7 Å². The second-order valence-electron chi connectivity index (χ2n) is 7.43. The van der Waals surface area contributed by atoms with E-state index in [1.54, 1.807) is 6.07 Å². The van der Waals surface area contributed by atoms with E-state index in [0.717, 1.165) is 12.0 Å². The molecular weight excluding hydrogens is 396 g/mol. The predicted octanol–water partition coefficient (Wildman–Crippen LogP) is 1.45. The van der Waals surface area contributed by atoms with Crippen LogP contribution in [0.3, 0.4) is 0 Å². The number of nitrogens with zero attached hydrogens (tertiary/aromatic N) is 1. The third-order valence-corrected chi connectivity index (χ3v) is 4.92. The Bertz CT molecular complexity index is 741. The molecule has 162 valence electrons. The quantitative estimate of drug-likeness (QED) is 0.610. The summed E-state index contributed by atoms with van der Waals surface area (Å²) in [6.45, 7) is 5.91. The number of rotatable bonds is 7. The fourth-order valence-corrected chi connectivity index (χ4v) is 3.16. The molecule has 0 aromatic heterocycles. The van der Waals surface area contributed by atoms with Gasteiger partial charge in [-0.3, -0.25) is 14.4 Å². The Kier molecular flexibility index (Phi) is 9.39. The molecule has 1 aromatic rings. The highest BCUT2D eigenvalue weighted by Gasteiger charge is 2.34. The predicted molar refractivity (Wildman–Crippen MR) is 114 cm³/mol. The van der Waals surface area contributed by atoms with Gasteiger partial charge in [-0.15, -0.1) is 12.4 Å². The summed E-state index contributed by atoms with van der Waals surface area (Å²) in [5, 5.41) is 5.43. The van der Waals surface area contributed by atoms with Crippen LogP contribution in [0.15, 0.2) is 18.2 Å². The molecule has 1 saturated heterocycles. The number of hydrogen-bond acceptors (Lipinski definition) is 5. The molecule has 8 nitrogen and oxygen atoms in total. The molecule has 0 bridgehead atoms. The molecule has 1 aromatic carbocycles. The minimum atomic E-state index is -0.667. The average Bonchev–Trinajstić information content (AvgIpc) is 3.15. The van der Waals surface area contributed by atoms with Crippen molar-refractivity contribution in [1.82, 2.24) is 10.2 Å². The lowest BCUT2D eigenvalue weighted by molar-refractivity contribution is -0.137. The van der Waals surface area contributed by atoms with Crippen LogP contribution in [0, 0.1) is 12.8 Å². The fourth-order valence-electron chi connectivity index (χ4n) is 3.16. The minimum Gasteiger partial charge on any atom is -0.495 e. The summed E-state index contributed by atoms with van der Waals surface area (Å²) in [5.41, 5.74) is 7.35. The number of nitrogens with one attached hydrogen (secondary N) is 2. The highest BCUT2D eigenvalue weighted by molar-refractivity contribution is 5.99. The van der Waals surface area contributed by atoms with Gasteiger partial charge in [-0.25, -0.2) is 0 Å². The van der Waals surface area contributed by atoms with Crippen molar-refractivity contribution in [2.24, 2.45) is 11.7 Å². The van der Waals surface area contributed by atoms with Crippen molar-refractivity contribution in [2.75, 3.05) is 25.5 Å². The smallest absolute Gasteiger partial charge is 0.247 e. The van der Waals surface area contributed by atoms with E-state index < -0.39 is 12.1 Å². The summed E-state index contributed by atoms with van der Waals surface area (Å²) in [4.78, 5) is 38.8. The molecule has 0 saturated carbocycles. The lowest BCUT2D eigenvalue weighted by Gasteiger charge is -2.25. The van der Waals surface area contributed by atoms with Crippen molar-refractivity contribution in [3.63, 3.8) is 0 Å². The normalized spacial score (nSPS) is 16.8. The minimum absolute atomic E-state index is 0. The Hall–Kier alpha value is -2.32. The molecule has 1 aliphatic rings. The maximum Gasteiger partial charge on any atom is 0.247 e. The zero-order valence-corrected chi connectivity index (χ0v) is 18.2. The summed E-state index contributed by atoms with van der Waals surface area (Å²) in [7, 11) is 1.54. The second kappa shape index (κ2) is 11.0. The van der Waals surface area contributed by atoms with Crippen LogP contribution in [0.25, 0.3) is 0 Å². The Balaban J connectivity index is 0.00000420. The maximum absolute atomic E-state index is 12.8. The van der Waals surface area contributed by atoms with Gasteiger partial charge in [-0.05, 0) is 43.4 Å². The average molecular weight is 427 g/mol. The lowest BCUT2D eigenvalue weighted by Crippen LogP contribution is -2.50. The summed E-state index contributed by atoms with van der Waals surface area (Å²) in [5.74, 6) is -0.388. The molecule has 1 aliphatic heterocycles. The van der Waals surface area contributed by atoms with Gasteiger partial charge in [0, 0.05) is 6.54 Å². The summed E-state index contributed by atoms with van der Waals surface area (Å²) in [6.07, 6.45) is 1.30. The van der Waals surface area contributed by atoms with Crippen molar-refractivity contribution in [3.8, 4) is 5.75 Å². The first kappa shape index (κ1) is 24.7. The van der Waals surface area contributed by atoms with Crippen molar-refractivity contribution < 1.29 is 19.1 Å². The van der Waals surface area contributed by atoms with Gasteiger partial charge in [0.15, 0.2) is 0 Å². The van der Waals surface area contributed by atoms with E-state index in [9.17, 15) is 14.4 Å². The second-order valence-corrected chi connectivity index (χ2v) is 7.43. The van der Waals surface area contributed by atoms with Crippen LogP contribution in [0.2, 0.25) is 0 Å². The number of likely N-dealkylation sites (tertiary alicyclic amines) is 1. The number of hydrogen-bond donors (Lipinski definition) is 3. The number of aryl methyl sites for hydroxylation is 1. The Morgan fingerprint density at radius 1 is 1.31 bits per heavy atom. The van der Waals surface area contributed by atoms with Crippen molar-refractivity contribution >= 4 is 35.8 Å². The Labute approximate surface area is 177 Å². The molecule has 4 N–H and O–H groups in total. The third kappa shape index (κ3) is 6.33. The number of nitrogens with two attached hydrogens (primary N) is 1. The molecule has 2 rings (SSSR count). The largest absolute Gasteiger partial charge is 0.495 e. The topological polar surface area (TPSA) is 114 Å². The van der Waals surface area contributed by atoms with Gasteiger partial charge in [0.05, 0.1) is 25.4 Å². The molecule has 1 heterocycles. The molecule has 9 heteroatoms. The molecule has 2 atom stereocenters. The van der Waals surface area contributed by atoms with Crippen molar-refractivity contribution in [1.29, 1.82) is 0 Å². The van der Waals surface area contributed by atoms with Crippen LogP contribution in [0.5, 0.6) is 5.75 Å². The van der Waals surface area contributed by atoms with Crippen molar-refractivity contribution in [2.45, 2.75) is 45.7 Å². The van der Waals surface area contributed by atoms with E-state index in [-0.39, 0.29) is 42.6 Å². The van der Waals surface area contributed by atoms with Crippen LogP contribution in [-0.2, 0) is 14.4 Å². The Morgan fingerprint density at radius 3 is 2.62 bits per heavy atom. The van der Waals surface area contributed by atoms with Crippen LogP contribution in [0.1, 0.15) is 32.3 Å². The number of methoxy groups -OCH3 is 1. The first-order chi connectivity index (χ1) is 13.2. The molecule has 1 unspecified atom stereocenters. The van der Waals surface area contributed by atoms with E-state index in [4.69, 9.17) is 10.5 Å². The van der Waals surface area contributed by atoms with E-state index >= 15 is 0 Å². The van der Waals surface area contributed by atoms with E-state index in [1.807, 2.05) is 32.9 Å². The first-order valence-electron chi connectivity index (χ1n) is 9.52. The van der Waals surface area contributed by atoms with Gasteiger partial charge in [0.25, 0.3) is 0 Å². The monoisotopic (exact) mass is 426 g/mol. The van der Waals surface area contributed by atoms with Gasteiger partial charge in [-0.2, -0.15) is 0 Å². The summed E-state index contributed by atoms with van der Waals surface area (Å²) >= 11 is 0. The molecule has 3 amide bonds. The highest BCUT2D eigenvalue weighted by atomic mass is 35.5. The summed E-state index contributed by atoms with van der Waals surface area (Å²) in [6, 6.07) is 4.26. The first-order valence-corrected chi connectivity index (χ1v) is 9.52. The van der Waals surface area contributed by atoms with E-state index in [2.05, 4.69) is 10.6 Å². The molecule has 1 fully saturated rings. The van der Waals surface area contributed by atoms with Gasteiger partial charge in [-0.1, -0.05) is 19.9 Å². The highest BCUT2D eigenvalue weighted by Crippen LogP contribution is 2.27. The van der Waals surface area contributed by atoms with Crippen LogP contribution in [0.4, 0.5) is 5.69 Å². The van der Waals surface area contributed by atoms with E-state index in [0.29, 0.717) is 24.4 Å². The molecule has 0 radical (unpaired) electrons. The number of ether oxygens (including phenoxy) is 1. The van der Waals surface area contributed by atoms with Gasteiger partial charge < -0.3 is 26.0 Å². The van der Waals surface area contributed by atoms with Crippen molar-refractivity contribution in [3.05, 3.63) is 23.8 Å². The Morgan fingerprint density at radius 2 is 2.00 bits per heavy atom. The molecule has 0 spiro atoms. The zero-order valence-electron chi connectivity index (χ0n) is 17.4. The molecule has 0 aliphatic carbocycles. The summed E-state index contributed by atoms with van der Waals surface area (Å²) < 4.78 is 5.29. The number of carbonyl (C=O) groups excluding carboxylic acids is 3. The lowest BCUT2D eigenvalue weighted by atomic mass is 10.1. The molecule has 29 heavy (non-hydrogen) atoms. The SMILES string of the molecule is COc1ccc(C)cc1NC(=O)C1CCCN1C(=O)CNC(=O)[C@@H](N)C(C)C.Cl. The zero-order chi connectivity index (χ0) is 20.8. The number of halogens is 1. The van der Waals surface area contributed by atoms with E-state index in [1.165, 1.54) is 12.0 Å². The van der Waals surface area contributed by atoms with Gasteiger partial charge in [0.1, 0.15) is 11.8 Å². The van der Waals surface area contributed by atoms with Crippen LogP contribution >= 0.6 is 12.4 Å². The number of anilines is 1. The maximum atomic E-state index is 12.8. The van der Waals surface area contributed by atoms with Gasteiger partial charge >= 0.3 is 0 Å². The number of benzene rings is 1. The fraction of sp³-hybridized carbons (Fsp3) is 0.550. The standard InChI is InChI=1S/C20H30N4O4.ClH/c1-12(2)18(21)20(27)22-11-17(25)24-9-5-6-15(24)19(26)23-14-10-13(3)7-8-16(14)28-4;/h7-8,10,12,15,18H,5-6,9,11,21H2,1-4H3,(H,22,27)(H,23,26);1H/t15?,18-;/m0./s1. The van der Waals surface area contributed by atoms with Crippen LogP contribution in [-0.4, -0.2) is 54.9 Å². The number of amides is 3. The molecular formula is C20H31ClN4O4.